The van der Waals surface area contributed by atoms with Crippen LogP contribution in [-0.4, -0.2) is 21.3 Å². The van der Waals surface area contributed by atoms with Crippen molar-refractivity contribution in [3.63, 3.8) is 0 Å². The van der Waals surface area contributed by atoms with Crippen molar-refractivity contribution in [2.75, 3.05) is 0 Å². The topological polar surface area (TPSA) is 60.7 Å². The standard InChI is InChI=1S/C30H50O3/c1-19-11-15-25(3)17-18-27(5)21(24(25)20(19)2)9-10-22-26(4)13-8-14-29(7,30(31,32)33)23(26)12-16-28(22,27)6/h9,19-20,22-24,31-33H,8,10-18H2,1-7H3/t19-,20+,22-,23-,24+,25-,26-,27-,28-,29?/m1/s1. The maximum atomic E-state index is 10.5. The molecule has 3 nitrogen and oxygen atoms in total. The Hall–Kier alpha value is -0.380. The molecule has 0 aromatic heterocycles. The van der Waals surface area contributed by atoms with Gasteiger partial charge in [0, 0.05) is 0 Å². The van der Waals surface area contributed by atoms with Crippen molar-refractivity contribution < 1.29 is 15.3 Å². The Morgan fingerprint density at radius 2 is 1.52 bits per heavy atom. The van der Waals surface area contributed by atoms with Gasteiger partial charge in [-0.15, -0.1) is 0 Å². The van der Waals surface area contributed by atoms with Gasteiger partial charge in [-0.05, 0) is 109 Å². The first kappa shape index (κ1) is 24.3. The van der Waals surface area contributed by atoms with E-state index in [-0.39, 0.29) is 22.2 Å². The highest BCUT2D eigenvalue weighted by atomic mass is 16.7. The first-order chi connectivity index (χ1) is 15.1. The fourth-order valence-electron chi connectivity index (χ4n) is 11.0. The number of aliphatic hydroxyl groups is 3. The Balaban J connectivity index is 1.59. The van der Waals surface area contributed by atoms with E-state index >= 15 is 0 Å². The van der Waals surface area contributed by atoms with Gasteiger partial charge in [0.05, 0.1) is 5.41 Å². The van der Waals surface area contributed by atoms with Gasteiger partial charge in [-0.25, -0.2) is 0 Å². The second-order valence-corrected chi connectivity index (χ2v) is 14.7. The summed E-state index contributed by atoms with van der Waals surface area (Å²) in [7, 11) is 0. The highest BCUT2D eigenvalue weighted by Gasteiger charge is 2.69. The molecular weight excluding hydrogens is 408 g/mol. The second kappa shape index (κ2) is 7.10. The SMILES string of the molecule is C[C@H]1[C@H](C)CC[C@]2(C)CC[C@]3(C)C(=CC[C@@H]4[C@@]5(C)CCCC(C)(C(O)(O)O)[C@@H]5CC[C@]43C)[C@H]12. The minimum absolute atomic E-state index is 0.0245. The van der Waals surface area contributed by atoms with E-state index in [1.165, 1.54) is 25.7 Å². The maximum absolute atomic E-state index is 10.5. The average Bonchev–Trinajstić information content (AvgIpc) is 2.71. The summed E-state index contributed by atoms with van der Waals surface area (Å²) >= 11 is 0. The molecule has 10 atom stereocenters. The largest absolute Gasteiger partial charge is 0.343 e. The molecule has 3 N–H and O–H groups in total. The summed E-state index contributed by atoms with van der Waals surface area (Å²) < 4.78 is 0. The Bertz CT molecular complexity index is 842. The van der Waals surface area contributed by atoms with Crippen LogP contribution in [0.1, 0.15) is 113 Å². The van der Waals surface area contributed by atoms with Crippen LogP contribution < -0.4 is 0 Å². The zero-order valence-electron chi connectivity index (χ0n) is 22.4. The lowest BCUT2D eigenvalue weighted by atomic mass is 9.33. The van der Waals surface area contributed by atoms with E-state index in [1.54, 1.807) is 5.57 Å². The summed E-state index contributed by atoms with van der Waals surface area (Å²) in [5.41, 5.74) is 1.86. The van der Waals surface area contributed by atoms with Crippen LogP contribution in [0.2, 0.25) is 0 Å². The normalized spacial score (nSPS) is 56.7. The van der Waals surface area contributed by atoms with Crippen molar-refractivity contribution in [3.05, 3.63) is 11.6 Å². The number of fused-ring (bicyclic) bond motifs is 7. The molecule has 0 heterocycles. The fourth-order valence-corrected chi connectivity index (χ4v) is 11.0. The van der Waals surface area contributed by atoms with Crippen LogP contribution in [0, 0.1) is 56.7 Å². The van der Waals surface area contributed by atoms with Crippen LogP contribution in [0.5, 0.6) is 0 Å². The number of rotatable bonds is 1. The maximum Gasteiger partial charge on any atom is 0.281 e. The van der Waals surface area contributed by atoms with E-state index in [1.807, 2.05) is 6.92 Å². The van der Waals surface area contributed by atoms with Crippen molar-refractivity contribution in [2.24, 2.45) is 56.7 Å². The molecule has 3 heteroatoms. The Morgan fingerprint density at radius 3 is 2.18 bits per heavy atom. The molecule has 5 aliphatic rings. The minimum Gasteiger partial charge on any atom is -0.343 e. The van der Waals surface area contributed by atoms with Gasteiger partial charge in [-0.2, -0.15) is 0 Å². The van der Waals surface area contributed by atoms with Crippen LogP contribution in [0.4, 0.5) is 0 Å². The van der Waals surface area contributed by atoms with E-state index in [2.05, 4.69) is 47.6 Å². The van der Waals surface area contributed by atoms with Gasteiger partial charge in [0.2, 0.25) is 0 Å². The summed E-state index contributed by atoms with van der Waals surface area (Å²) in [5.74, 6) is 0.319. The molecular formula is C30H50O3. The first-order valence-corrected chi connectivity index (χ1v) is 14.0. The van der Waals surface area contributed by atoms with Gasteiger partial charge < -0.3 is 15.3 Å². The predicted molar refractivity (Wildman–Crippen MR) is 133 cm³/mol. The fraction of sp³-hybridized carbons (Fsp3) is 0.933. The Labute approximate surface area is 202 Å². The lowest BCUT2D eigenvalue weighted by Crippen LogP contribution is -2.66. The quantitative estimate of drug-likeness (QED) is 0.304. The lowest BCUT2D eigenvalue weighted by Gasteiger charge is -2.71. The van der Waals surface area contributed by atoms with Gasteiger partial charge in [0.25, 0.3) is 5.97 Å². The molecule has 4 saturated carbocycles. The third-order valence-electron chi connectivity index (χ3n) is 13.6. The second-order valence-electron chi connectivity index (χ2n) is 14.7. The molecule has 0 radical (unpaired) electrons. The van der Waals surface area contributed by atoms with E-state index in [0.717, 1.165) is 43.9 Å². The molecule has 0 aromatic carbocycles. The molecule has 33 heavy (non-hydrogen) atoms. The average molecular weight is 459 g/mol. The van der Waals surface area contributed by atoms with Crippen molar-refractivity contribution in [1.82, 2.24) is 0 Å². The molecule has 0 spiro atoms. The zero-order chi connectivity index (χ0) is 24.2. The highest BCUT2D eigenvalue weighted by Crippen LogP contribution is 2.76. The van der Waals surface area contributed by atoms with E-state index in [4.69, 9.17) is 0 Å². The summed E-state index contributed by atoms with van der Waals surface area (Å²) in [5, 5.41) is 31.4. The molecule has 0 aromatic rings. The monoisotopic (exact) mass is 458 g/mol. The molecule has 5 rings (SSSR count). The van der Waals surface area contributed by atoms with Crippen molar-refractivity contribution in [2.45, 2.75) is 119 Å². The van der Waals surface area contributed by atoms with Crippen LogP contribution in [0.25, 0.3) is 0 Å². The van der Waals surface area contributed by atoms with Crippen LogP contribution in [0.15, 0.2) is 11.6 Å². The van der Waals surface area contributed by atoms with E-state index < -0.39 is 11.4 Å². The molecule has 4 fully saturated rings. The van der Waals surface area contributed by atoms with Gasteiger partial charge in [-0.3, -0.25) is 0 Å². The van der Waals surface area contributed by atoms with Gasteiger partial charge >= 0.3 is 0 Å². The zero-order valence-corrected chi connectivity index (χ0v) is 22.4. The molecule has 1 unspecified atom stereocenters. The highest BCUT2D eigenvalue weighted by molar-refractivity contribution is 5.33. The van der Waals surface area contributed by atoms with Gasteiger partial charge in [-0.1, -0.05) is 66.5 Å². The van der Waals surface area contributed by atoms with Crippen molar-refractivity contribution >= 4 is 0 Å². The minimum atomic E-state index is -2.60. The molecule has 0 saturated heterocycles. The summed E-state index contributed by atoms with van der Waals surface area (Å²) in [6.45, 7) is 17.2. The molecule has 0 amide bonds. The van der Waals surface area contributed by atoms with E-state index in [0.29, 0.717) is 23.7 Å². The van der Waals surface area contributed by atoms with Crippen molar-refractivity contribution in [3.8, 4) is 0 Å². The van der Waals surface area contributed by atoms with Gasteiger partial charge in [0.15, 0.2) is 0 Å². The van der Waals surface area contributed by atoms with Crippen LogP contribution in [-0.2, 0) is 0 Å². The Kier molecular flexibility index (Phi) is 5.23. The van der Waals surface area contributed by atoms with Crippen LogP contribution in [0.3, 0.4) is 0 Å². The third kappa shape index (κ3) is 2.91. The summed E-state index contributed by atoms with van der Waals surface area (Å²) in [6.07, 6.45) is 14.1. The van der Waals surface area contributed by atoms with Crippen molar-refractivity contribution in [1.29, 1.82) is 0 Å². The third-order valence-corrected chi connectivity index (χ3v) is 13.6. The molecule has 5 aliphatic carbocycles. The molecule has 0 bridgehead atoms. The molecule has 188 valence electrons. The predicted octanol–water partition coefficient (Wildman–Crippen LogP) is 6.66. The number of hydrogen-bond donors (Lipinski definition) is 3. The summed E-state index contributed by atoms with van der Waals surface area (Å²) in [6, 6.07) is 0. The van der Waals surface area contributed by atoms with Gasteiger partial charge in [0.1, 0.15) is 0 Å². The number of allylic oxidation sites excluding steroid dienone is 2. The van der Waals surface area contributed by atoms with E-state index in [9.17, 15) is 15.3 Å². The number of hydrogen-bond acceptors (Lipinski definition) is 3. The smallest absolute Gasteiger partial charge is 0.281 e. The molecule has 0 aliphatic heterocycles. The Morgan fingerprint density at radius 1 is 0.818 bits per heavy atom. The van der Waals surface area contributed by atoms with Crippen LogP contribution >= 0.6 is 0 Å². The first-order valence-electron chi connectivity index (χ1n) is 14.0. The lowest BCUT2D eigenvalue weighted by molar-refractivity contribution is -0.400. The summed E-state index contributed by atoms with van der Waals surface area (Å²) in [4.78, 5) is 0.